The van der Waals surface area contributed by atoms with Crippen molar-refractivity contribution in [3.63, 3.8) is 0 Å². The first-order valence-corrected chi connectivity index (χ1v) is 5.89. The molecule has 6 heteroatoms. The molecule has 0 aliphatic rings. The second kappa shape index (κ2) is 4.14. The summed E-state index contributed by atoms with van der Waals surface area (Å²) in [6.07, 6.45) is 0. The van der Waals surface area contributed by atoms with Gasteiger partial charge in [-0.3, -0.25) is 0 Å². The van der Waals surface area contributed by atoms with E-state index in [9.17, 15) is 8.42 Å². The molecule has 0 radical (unpaired) electrons. The minimum atomic E-state index is -3.57. The van der Waals surface area contributed by atoms with Crippen LogP contribution in [0.3, 0.4) is 0 Å². The van der Waals surface area contributed by atoms with E-state index in [1.165, 1.54) is 0 Å². The van der Waals surface area contributed by atoms with Gasteiger partial charge in [0.1, 0.15) is 0 Å². The summed E-state index contributed by atoms with van der Waals surface area (Å²) in [5.41, 5.74) is -1.38. The average Bonchev–Trinajstić information content (AvgIpc) is 1.78. The molecule has 0 atom stereocenters. The number of hydrogen-bond donors (Lipinski definition) is 3. The van der Waals surface area contributed by atoms with Gasteiger partial charge in [-0.1, -0.05) is 0 Å². The zero-order valence-corrected chi connectivity index (χ0v) is 10.2. The molecule has 0 aromatic rings. The van der Waals surface area contributed by atoms with Gasteiger partial charge >= 0.3 is 0 Å². The molecule has 0 unspecified atom stereocenters. The van der Waals surface area contributed by atoms with E-state index in [0.29, 0.717) is 0 Å². The molecule has 0 aliphatic heterocycles. The maximum absolute atomic E-state index is 11.5. The summed E-state index contributed by atoms with van der Waals surface area (Å²) < 4.78 is 27.8. The van der Waals surface area contributed by atoms with Crippen LogP contribution in [0.15, 0.2) is 0 Å². The highest BCUT2D eigenvalue weighted by Gasteiger charge is 2.27. The van der Waals surface area contributed by atoms with Crippen LogP contribution in [0, 0.1) is 0 Å². The smallest absolute Gasteiger partial charge is 0.277 e. The van der Waals surface area contributed by atoms with Crippen LogP contribution in [0.1, 0.15) is 34.6 Å². The third kappa shape index (κ3) is 6.31. The van der Waals surface area contributed by atoms with Crippen molar-refractivity contribution in [2.24, 2.45) is 0 Å². The predicted molar refractivity (Wildman–Crippen MR) is 56.1 cm³/mol. The number of nitrogens with one attached hydrogen (secondary N) is 2. The van der Waals surface area contributed by atoms with Crippen molar-refractivity contribution in [3.8, 4) is 0 Å². The molecule has 86 valence electrons. The SMILES string of the molecule is CC(C)(C)NS(=O)(=O)NC(C)(C)CO. The van der Waals surface area contributed by atoms with Gasteiger partial charge in [0, 0.05) is 5.54 Å². The molecule has 0 aromatic carbocycles. The third-order valence-electron chi connectivity index (χ3n) is 1.25. The van der Waals surface area contributed by atoms with E-state index in [1.807, 2.05) is 0 Å². The first-order chi connectivity index (χ1) is 5.97. The van der Waals surface area contributed by atoms with E-state index in [1.54, 1.807) is 34.6 Å². The summed E-state index contributed by atoms with van der Waals surface area (Å²) in [7, 11) is -3.57. The molecule has 0 saturated heterocycles. The first-order valence-electron chi connectivity index (χ1n) is 4.41. The van der Waals surface area contributed by atoms with Crippen LogP contribution in [0.5, 0.6) is 0 Å². The highest BCUT2D eigenvalue weighted by molar-refractivity contribution is 7.87. The van der Waals surface area contributed by atoms with Gasteiger partial charge in [-0.05, 0) is 34.6 Å². The van der Waals surface area contributed by atoms with E-state index < -0.39 is 21.3 Å². The van der Waals surface area contributed by atoms with Crippen molar-refractivity contribution in [2.45, 2.75) is 45.7 Å². The van der Waals surface area contributed by atoms with Crippen molar-refractivity contribution in [1.29, 1.82) is 0 Å². The summed E-state index contributed by atoms with van der Waals surface area (Å²) >= 11 is 0. The van der Waals surface area contributed by atoms with Crippen molar-refractivity contribution in [2.75, 3.05) is 6.61 Å². The standard InChI is InChI=1S/C8H20N2O3S/c1-7(2,3)9-14(12,13)10-8(4,5)6-11/h9-11H,6H2,1-5H3. The van der Waals surface area contributed by atoms with Gasteiger partial charge in [0.25, 0.3) is 10.2 Å². The Labute approximate surface area is 86.1 Å². The quantitative estimate of drug-likeness (QED) is 0.628. The lowest BCUT2D eigenvalue weighted by Gasteiger charge is -2.27. The van der Waals surface area contributed by atoms with Crippen molar-refractivity contribution in [1.82, 2.24) is 9.44 Å². The van der Waals surface area contributed by atoms with Crippen molar-refractivity contribution in [3.05, 3.63) is 0 Å². The number of hydrogen-bond acceptors (Lipinski definition) is 3. The highest BCUT2D eigenvalue weighted by Crippen LogP contribution is 2.05. The molecule has 0 aromatic heterocycles. The number of aliphatic hydroxyl groups excluding tert-OH is 1. The van der Waals surface area contributed by atoms with Crippen LogP contribution in [0.2, 0.25) is 0 Å². The van der Waals surface area contributed by atoms with Crippen molar-refractivity contribution >= 4 is 10.2 Å². The van der Waals surface area contributed by atoms with E-state index in [-0.39, 0.29) is 6.61 Å². The molecular weight excluding hydrogens is 204 g/mol. The monoisotopic (exact) mass is 224 g/mol. The molecule has 3 N–H and O–H groups in total. The lowest BCUT2D eigenvalue weighted by molar-refractivity contribution is 0.207. The van der Waals surface area contributed by atoms with Crippen molar-refractivity contribution < 1.29 is 13.5 Å². The molecule has 0 spiro atoms. The van der Waals surface area contributed by atoms with Crippen LogP contribution >= 0.6 is 0 Å². The Kier molecular flexibility index (Phi) is 4.09. The maximum Gasteiger partial charge on any atom is 0.277 e. The summed E-state index contributed by atoms with van der Waals surface area (Å²) in [5.74, 6) is 0. The van der Waals surface area contributed by atoms with Gasteiger partial charge in [0.15, 0.2) is 0 Å². The summed E-state index contributed by atoms with van der Waals surface area (Å²) in [6.45, 7) is 8.20. The Morgan fingerprint density at radius 2 is 1.50 bits per heavy atom. The largest absolute Gasteiger partial charge is 0.394 e. The fraction of sp³-hybridized carbons (Fsp3) is 1.00. The van der Waals surface area contributed by atoms with Gasteiger partial charge in [0.2, 0.25) is 0 Å². The highest BCUT2D eigenvalue weighted by atomic mass is 32.2. The van der Waals surface area contributed by atoms with Crippen LogP contribution in [-0.2, 0) is 10.2 Å². The summed E-state index contributed by atoms with van der Waals surface area (Å²) in [4.78, 5) is 0. The molecule has 0 bridgehead atoms. The molecular formula is C8H20N2O3S. The summed E-state index contributed by atoms with van der Waals surface area (Å²) in [5, 5.41) is 8.90. The Balaban J connectivity index is 4.53. The zero-order valence-electron chi connectivity index (χ0n) is 9.38. The fourth-order valence-corrected chi connectivity index (χ4v) is 2.47. The Bertz CT molecular complexity index is 277. The number of aliphatic hydroxyl groups is 1. The van der Waals surface area contributed by atoms with Gasteiger partial charge < -0.3 is 5.11 Å². The van der Waals surface area contributed by atoms with Crippen LogP contribution in [-0.4, -0.2) is 31.2 Å². The van der Waals surface area contributed by atoms with Crippen LogP contribution < -0.4 is 9.44 Å². The molecule has 0 aliphatic carbocycles. The predicted octanol–water partition coefficient (Wildman–Crippen LogP) is -0.0202. The van der Waals surface area contributed by atoms with Crippen LogP contribution in [0.4, 0.5) is 0 Å². The van der Waals surface area contributed by atoms with E-state index >= 15 is 0 Å². The normalized spacial score (nSPS) is 14.4. The Hall–Kier alpha value is -0.170. The minimum Gasteiger partial charge on any atom is -0.394 e. The lowest BCUT2D eigenvalue weighted by Crippen LogP contribution is -2.54. The molecule has 5 nitrogen and oxygen atoms in total. The lowest BCUT2D eigenvalue weighted by atomic mass is 10.1. The molecule has 0 rings (SSSR count). The molecule has 0 amide bonds. The minimum absolute atomic E-state index is 0.252. The van der Waals surface area contributed by atoms with Gasteiger partial charge in [-0.15, -0.1) is 0 Å². The third-order valence-corrected chi connectivity index (χ3v) is 2.95. The summed E-state index contributed by atoms with van der Waals surface area (Å²) in [6, 6.07) is 0. The fourth-order valence-electron chi connectivity index (χ4n) is 0.825. The average molecular weight is 224 g/mol. The maximum atomic E-state index is 11.5. The molecule has 0 heterocycles. The topological polar surface area (TPSA) is 78.4 Å². The van der Waals surface area contributed by atoms with Gasteiger partial charge in [0.05, 0.1) is 12.1 Å². The second-order valence-corrected chi connectivity index (χ2v) is 6.41. The molecule has 14 heavy (non-hydrogen) atoms. The Morgan fingerprint density at radius 1 is 1.07 bits per heavy atom. The van der Waals surface area contributed by atoms with E-state index in [2.05, 4.69) is 9.44 Å². The second-order valence-electron chi connectivity index (χ2n) is 5.00. The number of rotatable bonds is 4. The van der Waals surface area contributed by atoms with E-state index in [4.69, 9.17) is 5.11 Å². The van der Waals surface area contributed by atoms with Gasteiger partial charge in [-0.25, -0.2) is 0 Å². The Morgan fingerprint density at radius 3 is 1.79 bits per heavy atom. The molecule has 0 saturated carbocycles. The van der Waals surface area contributed by atoms with Gasteiger partial charge in [-0.2, -0.15) is 17.9 Å². The zero-order chi connectivity index (χ0) is 11.6. The first kappa shape index (κ1) is 13.8. The van der Waals surface area contributed by atoms with E-state index in [0.717, 1.165) is 0 Å². The van der Waals surface area contributed by atoms with Crippen LogP contribution in [0.25, 0.3) is 0 Å². The molecule has 0 fully saturated rings.